The summed E-state index contributed by atoms with van der Waals surface area (Å²) in [6, 6.07) is 5.24. The average Bonchev–Trinajstić information content (AvgIpc) is 2.45. The molecule has 2 heterocycles. The summed E-state index contributed by atoms with van der Waals surface area (Å²) in [6.45, 7) is 1.03. The zero-order valence-corrected chi connectivity index (χ0v) is 11.6. The largest absolute Gasteiger partial charge is 0.486 e. The predicted molar refractivity (Wildman–Crippen MR) is 73.5 cm³/mol. The number of carbonyl (C=O) groups is 1. The predicted octanol–water partition coefficient (Wildman–Crippen LogP) is 2.37. The highest BCUT2D eigenvalue weighted by Gasteiger charge is 2.16. The van der Waals surface area contributed by atoms with E-state index in [1.165, 1.54) is 7.11 Å². The van der Waals surface area contributed by atoms with Crippen molar-refractivity contribution in [2.24, 2.45) is 0 Å². The van der Waals surface area contributed by atoms with Crippen molar-refractivity contribution in [1.82, 2.24) is 4.98 Å². The van der Waals surface area contributed by atoms with Crippen LogP contribution in [0.2, 0.25) is 5.02 Å². The molecule has 0 radical (unpaired) electrons. The van der Waals surface area contributed by atoms with E-state index in [4.69, 9.17) is 21.1 Å². The summed E-state index contributed by atoms with van der Waals surface area (Å²) in [6.07, 6.45) is 0.0839. The van der Waals surface area contributed by atoms with Crippen molar-refractivity contribution in [3.05, 3.63) is 28.9 Å². The summed E-state index contributed by atoms with van der Waals surface area (Å²) < 4.78 is 15.7. The van der Waals surface area contributed by atoms with E-state index >= 15 is 0 Å². The molecule has 6 heteroatoms. The van der Waals surface area contributed by atoms with Crippen LogP contribution in [0.25, 0.3) is 10.9 Å². The Bertz CT molecular complexity index is 686. The van der Waals surface area contributed by atoms with Gasteiger partial charge in [0, 0.05) is 11.5 Å². The smallest absolute Gasteiger partial charge is 0.311 e. The minimum absolute atomic E-state index is 0.0839. The summed E-state index contributed by atoms with van der Waals surface area (Å²) in [7, 11) is 1.34. The molecule has 104 valence electrons. The molecule has 0 bridgehead atoms. The fraction of sp³-hybridized carbons (Fsp3) is 0.286. The fourth-order valence-corrected chi connectivity index (χ4v) is 2.36. The molecule has 2 aromatic rings. The molecule has 1 aliphatic heterocycles. The third-order valence-electron chi connectivity index (χ3n) is 3.03. The fourth-order valence-electron chi connectivity index (χ4n) is 2.08. The van der Waals surface area contributed by atoms with Gasteiger partial charge in [-0.1, -0.05) is 11.6 Å². The Hall–Kier alpha value is -2.01. The van der Waals surface area contributed by atoms with Crippen molar-refractivity contribution < 1.29 is 19.0 Å². The zero-order valence-electron chi connectivity index (χ0n) is 10.8. The summed E-state index contributed by atoms with van der Waals surface area (Å²) in [5, 5.41) is 1.29. The molecule has 0 unspecified atom stereocenters. The topological polar surface area (TPSA) is 57.7 Å². The quantitative estimate of drug-likeness (QED) is 0.796. The van der Waals surface area contributed by atoms with Crippen LogP contribution in [0.15, 0.2) is 18.2 Å². The summed E-state index contributed by atoms with van der Waals surface area (Å²) >= 11 is 6.24. The molecular formula is C14H12ClNO4. The van der Waals surface area contributed by atoms with E-state index in [0.717, 1.165) is 5.39 Å². The number of aromatic nitrogens is 1. The van der Waals surface area contributed by atoms with Crippen molar-refractivity contribution in [2.75, 3.05) is 20.3 Å². The minimum atomic E-state index is -0.356. The second kappa shape index (κ2) is 5.17. The summed E-state index contributed by atoms with van der Waals surface area (Å²) in [5.41, 5.74) is 1.23. The van der Waals surface area contributed by atoms with Crippen LogP contribution in [0.1, 0.15) is 5.69 Å². The number of rotatable bonds is 2. The maximum atomic E-state index is 11.3. The molecule has 0 amide bonds. The molecule has 1 aromatic carbocycles. The van der Waals surface area contributed by atoms with Gasteiger partial charge in [-0.05, 0) is 12.1 Å². The number of methoxy groups -OCH3 is 1. The third kappa shape index (κ3) is 2.36. The molecule has 0 saturated heterocycles. The minimum Gasteiger partial charge on any atom is -0.486 e. The number of esters is 1. The maximum absolute atomic E-state index is 11.3. The van der Waals surface area contributed by atoms with Gasteiger partial charge in [-0.3, -0.25) is 9.78 Å². The van der Waals surface area contributed by atoms with Crippen LogP contribution in [0.5, 0.6) is 11.5 Å². The SMILES string of the molecule is COC(=O)Cc1cc(Cl)c2cc3c(cc2n1)OCCO3. The van der Waals surface area contributed by atoms with E-state index in [0.29, 0.717) is 40.9 Å². The molecule has 3 rings (SSSR count). The van der Waals surface area contributed by atoms with Crippen LogP contribution in [0.3, 0.4) is 0 Å². The molecule has 0 fully saturated rings. The molecule has 5 nitrogen and oxygen atoms in total. The Labute approximate surface area is 120 Å². The average molecular weight is 294 g/mol. The van der Waals surface area contributed by atoms with E-state index in [1.807, 2.05) is 0 Å². The van der Waals surface area contributed by atoms with Crippen molar-refractivity contribution in [2.45, 2.75) is 6.42 Å². The molecule has 0 N–H and O–H groups in total. The lowest BCUT2D eigenvalue weighted by Gasteiger charge is -2.19. The van der Waals surface area contributed by atoms with E-state index in [2.05, 4.69) is 9.72 Å². The van der Waals surface area contributed by atoms with Crippen LogP contribution in [0, 0.1) is 0 Å². The van der Waals surface area contributed by atoms with Gasteiger partial charge >= 0.3 is 5.97 Å². The normalized spacial score (nSPS) is 13.3. The third-order valence-corrected chi connectivity index (χ3v) is 3.34. The Kier molecular flexibility index (Phi) is 3.36. The van der Waals surface area contributed by atoms with Crippen molar-refractivity contribution in [3.8, 4) is 11.5 Å². The van der Waals surface area contributed by atoms with Crippen molar-refractivity contribution in [3.63, 3.8) is 0 Å². The lowest BCUT2D eigenvalue weighted by molar-refractivity contribution is -0.139. The van der Waals surface area contributed by atoms with E-state index in [-0.39, 0.29) is 12.4 Å². The summed E-state index contributed by atoms with van der Waals surface area (Å²) in [4.78, 5) is 15.7. The molecule has 0 saturated carbocycles. The van der Waals surface area contributed by atoms with Gasteiger partial charge < -0.3 is 14.2 Å². The molecule has 1 aliphatic rings. The number of nitrogens with zero attached hydrogens (tertiary/aromatic N) is 1. The monoisotopic (exact) mass is 293 g/mol. The van der Waals surface area contributed by atoms with E-state index in [1.54, 1.807) is 18.2 Å². The highest BCUT2D eigenvalue weighted by molar-refractivity contribution is 6.35. The number of benzene rings is 1. The highest BCUT2D eigenvalue weighted by Crippen LogP contribution is 2.36. The van der Waals surface area contributed by atoms with Gasteiger partial charge in [0.15, 0.2) is 11.5 Å². The number of hydrogen-bond donors (Lipinski definition) is 0. The van der Waals surface area contributed by atoms with Gasteiger partial charge in [-0.25, -0.2) is 0 Å². The number of pyridine rings is 1. The number of fused-ring (bicyclic) bond motifs is 2. The zero-order chi connectivity index (χ0) is 14.1. The Morgan fingerprint density at radius 1 is 1.30 bits per heavy atom. The second-order valence-electron chi connectivity index (χ2n) is 4.36. The van der Waals surface area contributed by atoms with Crippen LogP contribution >= 0.6 is 11.6 Å². The van der Waals surface area contributed by atoms with E-state index < -0.39 is 0 Å². The van der Waals surface area contributed by atoms with Crippen molar-refractivity contribution in [1.29, 1.82) is 0 Å². The first-order chi connectivity index (χ1) is 9.67. The lowest BCUT2D eigenvalue weighted by atomic mass is 10.1. The number of ether oxygens (including phenoxy) is 3. The molecule has 20 heavy (non-hydrogen) atoms. The molecule has 0 spiro atoms. The van der Waals surface area contributed by atoms with Crippen LogP contribution < -0.4 is 9.47 Å². The van der Waals surface area contributed by atoms with Gasteiger partial charge in [-0.15, -0.1) is 0 Å². The molecular weight excluding hydrogens is 282 g/mol. The molecule has 0 aliphatic carbocycles. The second-order valence-corrected chi connectivity index (χ2v) is 4.77. The van der Waals surface area contributed by atoms with Gasteiger partial charge in [0.25, 0.3) is 0 Å². The maximum Gasteiger partial charge on any atom is 0.311 e. The van der Waals surface area contributed by atoms with Gasteiger partial charge in [-0.2, -0.15) is 0 Å². The highest BCUT2D eigenvalue weighted by atomic mass is 35.5. The first kappa shape index (κ1) is 13.0. The van der Waals surface area contributed by atoms with E-state index in [9.17, 15) is 4.79 Å². The van der Waals surface area contributed by atoms with Crippen molar-refractivity contribution >= 4 is 28.5 Å². The Morgan fingerprint density at radius 2 is 2.00 bits per heavy atom. The summed E-state index contributed by atoms with van der Waals surface area (Å²) in [5.74, 6) is 0.946. The van der Waals surface area contributed by atoms with Crippen LogP contribution in [-0.2, 0) is 16.0 Å². The number of hydrogen-bond acceptors (Lipinski definition) is 5. The Balaban J connectivity index is 2.08. The van der Waals surface area contributed by atoms with Crippen LogP contribution in [0.4, 0.5) is 0 Å². The molecule has 1 aromatic heterocycles. The van der Waals surface area contributed by atoms with Crippen LogP contribution in [-0.4, -0.2) is 31.3 Å². The van der Waals surface area contributed by atoms with Gasteiger partial charge in [0.05, 0.1) is 29.8 Å². The van der Waals surface area contributed by atoms with Gasteiger partial charge in [0.1, 0.15) is 13.2 Å². The molecule has 0 atom stereocenters. The lowest BCUT2D eigenvalue weighted by Crippen LogP contribution is -2.15. The first-order valence-corrected chi connectivity index (χ1v) is 6.51. The first-order valence-electron chi connectivity index (χ1n) is 6.13. The van der Waals surface area contributed by atoms with Gasteiger partial charge in [0.2, 0.25) is 0 Å². The number of carbonyl (C=O) groups excluding carboxylic acids is 1. The Morgan fingerprint density at radius 3 is 2.70 bits per heavy atom. The standard InChI is InChI=1S/C14H12ClNO4/c1-18-14(17)5-8-4-10(15)9-6-12-13(7-11(9)16-8)20-3-2-19-12/h4,6-7H,2-3,5H2,1H3. The number of halogens is 1.